The average molecular weight is 222 g/mol. The van der Waals surface area contributed by atoms with Crippen LogP contribution in [0, 0.1) is 6.92 Å². The Balaban J connectivity index is 2.52. The van der Waals surface area contributed by atoms with Crippen molar-refractivity contribution in [2.75, 3.05) is 0 Å². The molecule has 15 heavy (non-hydrogen) atoms. The second kappa shape index (κ2) is 3.76. The standard InChI is InChI=1S/C11H12ClN3/c1-8-9(4-2-5-10(8)12)11(14-15-13)6-3-7-11/h2,4-5H,3,6-7H2,1H3. The van der Waals surface area contributed by atoms with Crippen LogP contribution in [0.15, 0.2) is 23.3 Å². The molecule has 0 bridgehead atoms. The minimum atomic E-state index is -0.330. The number of hydrogen-bond donors (Lipinski definition) is 0. The number of halogens is 1. The van der Waals surface area contributed by atoms with E-state index in [-0.39, 0.29) is 5.54 Å². The highest BCUT2D eigenvalue weighted by Crippen LogP contribution is 2.47. The summed E-state index contributed by atoms with van der Waals surface area (Å²) in [5.41, 5.74) is 10.4. The van der Waals surface area contributed by atoms with Crippen molar-refractivity contribution in [3.8, 4) is 0 Å². The first-order valence-corrected chi connectivity index (χ1v) is 5.39. The van der Waals surface area contributed by atoms with Crippen molar-refractivity contribution >= 4 is 11.6 Å². The van der Waals surface area contributed by atoms with Crippen molar-refractivity contribution in [3.05, 3.63) is 44.8 Å². The number of azide groups is 1. The molecule has 1 aliphatic rings. The van der Waals surface area contributed by atoms with Gasteiger partial charge in [0.2, 0.25) is 0 Å². The van der Waals surface area contributed by atoms with E-state index in [1.165, 1.54) is 0 Å². The van der Waals surface area contributed by atoms with Crippen molar-refractivity contribution < 1.29 is 0 Å². The lowest BCUT2D eigenvalue weighted by molar-refractivity contribution is 0.252. The van der Waals surface area contributed by atoms with Gasteiger partial charge >= 0.3 is 0 Å². The second-order valence-electron chi connectivity index (χ2n) is 3.99. The maximum atomic E-state index is 8.61. The van der Waals surface area contributed by atoms with E-state index < -0.39 is 0 Å². The van der Waals surface area contributed by atoms with Crippen molar-refractivity contribution in [1.82, 2.24) is 0 Å². The topological polar surface area (TPSA) is 48.8 Å². The molecule has 0 N–H and O–H groups in total. The highest BCUT2D eigenvalue weighted by atomic mass is 35.5. The van der Waals surface area contributed by atoms with Crippen LogP contribution < -0.4 is 0 Å². The van der Waals surface area contributed by atoms with Crippen LogP contribution in [0.2, 0.25) is 5.02 Å². The Morgan fingerprint density at radius 3 is 2.73 bits per heavy atom. The lowest BCUT2D eigenvalue weighted by Gasteiger charge is -2.39. The minimum Gasteiger partial charge on any atom is -0.0840 e. The zero-order valence-electron chi connectivity index (χ0n) is 8.57. The Morgan fingerprint density at radius 2 is 2.20 bits per heavy atom. The van der Waals surface area contributed by atoms with E-state index >= 15 is 0 Å². The molecule has 0 spiro atoms. The number of hydrogen-bond acceptors (Lipinski definition) is 1. The van der Waals surface area contributed by atoms with Gasteiger partial charge in [-0.2, -0.15) is 0 Å². The van der Waals surface area contributed by atoms with Gasteiger partial charge in [-0.05, 0) is 42.5 Å². The molecule has 1 fully saturated rings. The van der Waals surface area contributed by atoms with Crippen LogP contribution in [0.3, 0.4) is 0 Å². The molecule has 0 amide bonds. The zero-order valence-corrected chi connectivity index (χ0v) is 9.33. The average Bonchev–Trinajstić information content (AvgIpc) is 2.17. The molecule has 3 nitrogen and oxygen atoms in total. The van der Waals surface area contributed by atoms with Gasteiger partial charge in [-0.25, -0.2) is 0 Å². The van der Waals surface area contributed by atoms with Gasteiger partial charge < -0.3 is 0 Å². The molecular formula is C11H12ClN3. The number of benzene rings is 1. The molecule has 1 aromatic rings. The summed E-state index contributed by atoms with van der Waals surface area (Å²) in [6.07, 6.45) is 2.97. The molecule has 0 saturated heterocycles. The Labute approximate surface area is 93.7 Å². The van der Waals surface area contributed by atoms with Gasteiger partial charge in [0.05, 0.1) is 5.54 Å². The lowest BCUT2D eigenvalue weighted by Crippen LogP contribution is -2.32. The molecule has 0 unspecified atom stereocenters. The SMILES string of the molecule is Cc1c(Cl)cccc1C1(N=[N+]=[N-])CCC1. The minimum absolute atomic E-state index is 0.330. The number of nitrogens with zero attached hydrogens (tertiary/aromatic N) is 3. The summed E-state index contributed by atoms with van der Waals surface area (Å²) in [6, 6.07) is 5.79. The van der Waals surface area contributed by atoms with Crippen LogP contribution in [0.25, 0.3) is 10.4 Å². The third-order valence-corrected chi connectivity index (χ3v) is 3.60. The maximum Gasteiger partial charge on any atom is 0.0741 e. The largest absolute Gasteiger partial charge is 0.0840 e. The van der Waals surface area contributed by atoms with E-state index in [0.29, 0.717) is 0 Å². The first-order valence-electron chi connectivity index (χ1n) is 5.01. The van der Waals surface area contributed by atoms with Gasteiger partial charge in [-0.1, -0.05) is 35.3 Å². The summed E-state index contributed by atoms with van der Waals surface area (Å²) in [5, 5.41) is 4.70. The van der Waals surface area contributed by atoms with Crippen LogP contribution in [0.5, 0.6) is 0 Å². The van der Waals surface area contributed by atoms with Crippen molar-refractivity contribution in [3.63, 3.8) is 0 Å². The molecule has 4 heteroatoms. The summed E-state index contributed by atoms with van der Waals surface area (Å²) >= 11 is 6.07. The fraction of sp³-hybridized carbons (Fsp3) is 0.455. The molecule has 0 aliphatic heterocycles. The summed E-state index contributed by atoms with van der Waals surface area (Å²) < 4.78 is 0. The van der Waals surface area contributed by atoms with Gasteiger partial charge in [-0.3, -0.25) is 0 Å². The summed E-state index contributed by atoms with van der Waals surface area (Å²) in [6.45, 7) is 1.98. The Kier molecular flexibility index (Phi) is 2.59. The zero-order chi connectivity index (χ0) is 10.9. The van der Waals surface area contributed by atoms with Crippen LogP contribution >= 0.6 is 11.6 Å². The monoisotopic (exact) mass is 221 g/mol. The first kappa shape index (κ1) is 10.3. The summed E-state index contributed by atoms with van der Waals surface area (Å²) in [7, 11) is 0. The van der Waals surface area contributed by atoms with Crippen LogP contribution in [0.4, 0.5) is 0 Å². The Morgan fingerprint density at radius 1 is 1.47 bits per heavy atom. The maximum absolute atomic E-state index is 8.61. The fourth-order valence-electron chi connectivity index (χ4n) is 2.13. The van der Waals surface area contributed by atoms with E-state index in [2.05, 4.69) is 10.0 Å². The third-order valence-electron chi connectivity index (χ3n) is 3.19. The molecule has 1 saturated carbocycles. The quantitative estimate of drug-likeness (QED) is 0.405. The Hall–Kier alpha value is -1.18. The van der Waals surface area contributed by atoms with E-state index in [1.807, 2.05) is 25.1 Å². The smallest absolute Gasteiger partial charge is 0.0741 e. The molecule has 0 radical (unpaired) electrons. The Bertz CT molecular complexity index is 431. The molecule has 0 atom stereocenters. The highest BCUT2D eigenvalue weighted by molar-refractivity contribution is 6.31. The molecule has 2 rings (SSSR count). The third kappa shape index (κ3) is 1.58. The molecule has 78 valence electrons. The lowest BCUT2D eigenvalue weighted by atomic mass is 9.71. The first-order chi connectivity index (χ1) is 7.19. The summed E-state index contributed by atoms with van der Waals surface area (Å²) in [5.74, 6) is 0. The van der Waals surface area contributed by atoms with E-state index in [4.69, 9.17) is 17.1 Å². The van der Waals surface area contributed by atoms with Crippen LogP contribution in [0.1, 0.15) is 30.4 Å². The van der Waals surface area contributed by atoms with Crippen molar-refractivity contribution in [1.29, 1.82) is 0 Å². The van der Waals surface area contributed by atoms with E-state index in [1.54, 1.807) is 0 Å². The fourth-order valence-corrected chi connectivity index (χ4v) is 2.31. The van der Waals surface area contributed by atoms with Gasteiger partial charge in [-0.15, -0.1) is 0 Å². The van der Waals surface area contributed by atoms with E-state index in [0.717, 1.165) is 35.4 Å². The van der Waals surface area contributed by atoms with Gasteiger partial charge in [0.25, 0.3) is 0 Å². The molecule has 0 aromatic heterocycles. The molecular weight excluding hydrogens is 210 g/mol. The summed E-state index contributed by atoms with van der Waals surface area (Å²) in [4.78, 5) is 2.96. The normalized spacial score (nSPS) is 17.7. The van der Waals surface area contributed by atoms with Crippen molar-refractivity contribution in [2.45, 2.75) is 31.7 Å². The number of rotatable bonds is 2. The predicted octanol–water partition coefficient (Wildman–Crippen LogP) is 4.34. The van der Waals surface area contributed by atoms with Gasteiger partial charge in [0.1, 0.15) is 0 Å². The van der Waals surface area contributed by atoms with E-state index in [9.17, 15) is 0 Å². The van der Waals surface area contributed by atoms with Crippen LogP contribution in [-0.4, -0.2) is 0 Å². The molecule has 0 heterocycles. The second-order valence-corrected chi connectivity index (χ2v) is 4.39. The predicted molar refractivity (Wildman–Crippen MR) is 60.9 cm³/mol. The van der Waals surface area contributed by atoms with Crippen LogP contribution in [-0.2, 0) is 5.54 Å². The molecule has 1 aromatic carbocycles. The highest BCUT2D eigenvalue weighted by Gasteiger charge is 2.39. The van der Waals surface area contributed by atoms with Crippen molar-refractivity contribution in [2.24, 2.45) is 5.11 Å². The van der Waals surface area contributed by atoms with Gasteiger partial charge in [0.15, 0.2) is 0 Å². The van der Waals surface area contributed by atoms with Gasteiger partial charge in [0, 0.05) is 9.93 Å². The molecule has 1 aliphatic carbocycles.